The fourth-order valence-corrected chi connectivity index (χ4v) is 5.37. The average Bonchev–Trinajstić information content (AvgIpc) is 3.25. The lowest BCUT2D eigenvalue weighted by Crippen LogP contribution is -2.28. The van der Waals surface area contributed by atoms with Crippen molar-refractivity contribution in [3.05, 3.63) is 107 Å². The number of fused-ring (bicyclic) bond motifs is 1. The summed E-state index contributed by atoms with van der Waals surface area (Å²) in [5.74, 6) is -0.0231. The van der Waals surface area contributed by atoms with Crippen LogP contribution in [0.15, 0.2) is 94.8 Å². The van der Waals surface area contributed by atoms with Crippen LogP contribution in [0.4, 0.5) is 5.69 Å². The summed E-state index contributed by atoms with van der Waals surface area (Å²) in [5, 5.41) is 12.1. The van der Waals surface area contributed by atoms with Crippen molar-refractivity contribution in [1.82, 2.24) is 4.90 Å². The molecule has 5 rings (SSSR count). The molecular weight excluding hydrogens is 512 g/mol. The molecule has 4 aromatic carbocycles. The minimum Gasteiger partial charge on any atom is -0.493 e. The van der Waals surface area contributed by atoms with Crippen LogP contribution in [-0.4, -0.2) is 40.7 Å². The van der Waals surface area contributed by atoms with Crippen LogP contribution >= 0.6 is 11.8 Å². The number of carbonyl (C=O) groups is 2. The van der Waals surface area contributed by atoms with Gasteiger partial charge in [0.1, 0.15) is 6.61 Å². The number of amides is 1. The molecular formula is C31H26N2O5S. The molecule has 4 aromatic rings. The highest BCUT2D eigenvalue weighted by Gasteiger charge is 2.32. The van der Waals surface area contributed by atoms with E-state index in [0.29, 0.717) is 40.4 Å². The first-order valence-corrected chi connectivity index (χ1v) is 13.2. The highest BCUT2D eigenvalue weighted by molar-refractivity contribution is 8.18. The standard InChI is InChI=1S/C31H26N2O5S/c1-3-33-29(34)28(39-31(33)32-24-12-7-10-22(18-24)30(35)36)17-20-14-15-26(27(16-20)37-2)38-19-23-11-6-9-21-8-4-5-13-25(21)23/h4-18H,3,19H2,1-2H3,(H,35,36). The van der Waals surface area contributed by atoms with Crippen molar-refractivity contribution in [2.24, 2.45) is 4.99 Å². The Labute approximate surface area is 230 Å². The second kappa shape index (κ2) is 11.4. The van der Waals surface area contributed by atoms with Crippen LogP contribution in [-0.2, 0) is 11.4 Å². The number of carboxylic acids is 1. The van der Waals surface area contributed by atoms with Crippen LogP contribution in [0.5, 0.6) is 11.5 Å². The van der Waals surface area contributed by atoms with Gasteiger partial charge in [-0.1, -0.05) is 54.6 Å². The first kappa shape index (κ1) is 26.1. The van der Waals surface area contributed by atoms with Crippen LogP contribution in [0.1, 0.15) is 28.4 Å². The van der Waals surface area contributed by atoms with Gasteiger partial charge in [-0.25, -0.2) is 9.79 Å². The van der Waals surface area contributed by atoms with E-state index in [4.69, 9.17) is 9.47 Å². The highest BCUT2D eigenvalue weighted by Crippen LogP contribution is 2.36. The molecule has 0 bridgehead atoms. The van der Waals surface area contributed by atoms with Gasteiger partial charge < -0.3 is 14.6 Å². The Balaban J connectivity index is 1.37. The van der Waals surface area contributed by atoms with Gasteiger partial charge in [0, 0.05) is 6.54 Å². The molecule has 1 amide bonds. The number of thioether (sulfide) groups is 1. The maximum atomic E-state index is 13.1. The first-order valence-electron chi connectivity index (χ1n) is 12.4. The fraction of sp³-hybridized carbons (Fsp3) is 0.129. The zero-order valence-electron chi connectivity index (χ0n) is 21.5. The minimum atomic E-state index is -1.03. The average molecular weight is 539 g/mol. The first-order chi connectivity index (χ1) is 19.0. The predicted octanol–water partition coefficient (Wildman–Crippen LogP) is 6.75. The molecule has 0 spiro atoms. The lowest BCUT2D eigenvalue weighted by molar-refractivity contribution is -0.122. The van der Waals surface area contributed by atoms with Crippen molar-refractivity contribution >= 4 is 51.3 Å². The Kier molecular flexibility index (Phi) is 7.65. The van der Waals surface area contributed by atoms with Crippen LogP contribution in [0.2, 0.25) is 0 Å². The van der Waals surface area contributed by atoms with Gasteiger partial charge in [0.2, 0.25) is 0 Å². The van der Waals surface area contributed by atoms with Gasteiger partial charge in [-0.15, -0.1) is 0 Å². The lowest BCUT2D eigenvalue weighted by Gasteiger charge is -2.13. The molecule has 7 nitrogen and oxygen atoms in total. The summed E-state index contributed by atoms with van der Waals surface area (Å²) in [6.07, 6.45) is 1.79. The van der Waals surface area contributed by atoms with Gasteiger partial charge >= 0.3 is 5.97 Å². The van der Waals surface area contributed by atoms with E-state index < -0.39 is 5.97 Å². The lowest BCUT2D eigenvalue weighted by atomic mass is 10.1. The van der Waals surface area contributed by atoms with Gasteiger partial charge in [-0.2, -0.15) is 0 Å². The summed E-state index contributed by atoms with van der Waals surface area (Å²) in [4.78, 5) is 31.1. The molecule has 39 heavy (non-hydrogen) atoms. The molecule has 1 aliphatic heterocycles. The number of hydrogen-bond acceptors (Lipinski definition) is 6. The Morgan fingerprint density at radius 1 is 1.00 bits per heavy atom. The third-order valence-electron chi connectivity index (χ3n) is 6.27. The van der Waals surface area contributed by atoms with E-state index in [1.165, 1.54) is 23.9 Å². The van der Waals surface area contributed by atoms with E-state index in [1.807, 2.05) is 49.4 Å². The number of aromatic carboxylic acids is 1. The smallest absolute Gasteiger partial charge is 0.335 e. The Morgan fingerprint density at radius 3 is 2.59 bits per heavy atom. The minimum absolute atomic E-state index is 0.139. The Hall–Kier alpha value is -4.56. The molecule has 196 valence electrons. The summed E-state index contributed by atoms with van der Waals surface area (Å²) in [7, 11) is 1.58. The molecule has 0 aliphatic carbocycles. The summed E-state index contributed by atoms with van der Waals surface area (Å²) < 4.78 is 11.7. The Morgan fingerprint density at radius 2 is 1.79 bits per heavy atom. The van der Waals surface area contributed by atoms with Crippen LogP contribution in [0.3, 0.4) is 0 Å². The summed E-state index contributed by atoms with van der Waals surface area (Å²) in [6.45, 7) is 2.70. The highest BCUT2D eigenvalue weighted by atomic mass is 32.2. The van der Waals surface area contributed by atoms with Gasteiger partial charge in [-0.3, -0.25) is 9.69 Å². The number of nitrogens with zero attached hydrogens (tertiary/aromatic N) is 2. The number of carbonyl (C=O) groups excluding carboxylic acids is 1. The van der Waals surface area contributed by atoms with E-state index in [2.05, 4.69) is 23.2 Å². The molecule has 1 saturated heterocycles. The molecule has 1 heterocycles. The zero-order valence-corrected chi connectivity index (χ0v) is 22.3. The number of likely N-dealkylation sites (N-methyl/N-ethyl adjacent to an activating group) is 1. The van der Waals surface area contributed by atoms with Gasteiger partial charge in [-0.05, 0) is 77.0 Å². The second-order valence-electron chi connectivity index (χ2n) is 8.75. The summed E-state index contributed by atoms with van der Waals surface area (Å²) in [6, 6.07) is 26.2. The van der Waals surface area contributed by atoms with Crippen LogP contribution in [0, 0.1) is 0 Å². The molecule has 1 aliphatic rings. The third-order valence-corrected chi connectivity index (χ3v) is 7.28. The molecule has 1 N–H and O–H groups in total. The monoisotopic (exact) mass is 538 g/mol. The van der Waals surface area contributed by atoms with E-state index >= 15 is 0 Å². The zero-order chi connectivity index (χ0) is 27.4. The van der Waals surface area contributed by atoms with Crippen molar-refractivity contribution < 1.29 is 24.2 Å². The number of aliphatic imine (C=N–C) groups is 1. The molecule has 0 saturated carbocycles. The third kappa shape index (κ3) is 5.66. The number of amidine groups is 1. The van der Waals surface area contributed by atoms with E-state index in [-0.39, 0.29) is 11.5 Å². The van der Waals surface area contributed by atoms with Crippen molar-refractivity contribution in [2.75, 3.05) is 13.7 Å². The topological polar surface area (TPSA) is 88.4 Å². The normalized spacial score (nSPS) is 15.3. The predicted molar refractivity (Wildman–Crippen MR) is 155 cm³/mol. The van der Waals surface area contributed by atoms with Crippen molar-refractivity contribution in [2.45, 2.75) is 13.5 Å². The quantitative estimate of drug-likeness (QED) is 0.250. The number of methoxy groups -OCH3 is 1. The van der Waals surface area contributed by atoms with Crippen LogP contribution < -0.4 is 9.47 Å². The molecule has 0 radical (unpaired) electrons. The molecule has 0 atom stereocenters. The molecule has 0 unspecified atom stereocenters. The largest absolute Gasteiger partial charge is 0.493 e. The van der Waals surface area contributed by atoms with Gasteiger partial charge in [0.25, 0.3) is 5.91 Å². The maximum absolute atomic E-state index is 13.1. The van der Waals surface area contributed by atoms with Crippen molar-refractivity contribution in [3.63, 3.8) is 0 Å². The van der Waals surface area contributed by atoms with Crippen molar-refractivity contribution in [3.8, 4) is 11.5 Å². The summed E-state index contributed by atoms with van der Waals surface area (Å²) in [5.41, 5.74) is 2.47. The van der Waals surface area contributed by atoms with E-state index in [1.54, 1.807) is 30.2 Å². The Bertz CT molecular complexity index is 1620. The number of ether oxygens (including phenoxy) is 2. The molecule has 0 aromatic heterocycles. The molecule has 1 fully saturated rings. The van der Waals surface area contributed by atoms with Crippen molar-refractivity contribution in [1.29, 1.82) is 0 Å². The number of carboxylic acid groups (broad SMARTS) is 1. The number of rotatable bonds is 8. The maximum Gasteiger partial charge on any atom is 0.335 e. The fourth-order valence-electron chi connectivity index (χ4n) is 4.31. The SMILES string of the molecule is CCN1C(=O)C(=Cc2ccc(OCc3cccc4ccccc34)c(OC)c2)SC1=Nc1cccc(C(=O)O)c1. The van der Waals surface area contributed by atoms with E-state index in [0.717, 1.165) is 21.9 Å². The van der Waals surface area contributed by atoms with Crippen LogP contribution in [0.25, 0.3) is 16.8 Å². The van der Waals surface area contributed by atoms with Gasteiger partial charge in [0.15, 0.2) is 16.7 Å². The molecule has 8 heteroatoms. The number of benzene rings is 4. The number of hydrogen-bond donors (Lipinski definition) is 1. The van der Waals surface area contributed by atoms with E-state index in [9.17, 15) is 14.7 Å². The summed E-state index contributed by atoms with van der Waals surface area (Å²) >= 11 is 1.25. The second-order valence-corrected chi connectivity index (χ2v) is 9.76. The van der Waals surface area contributed by atoms with Gasteiger partial charge in [0.05, 0.1) is 23.3 Å².